The summed E-state index contributed by atoms with van der Waals surface area (Å²) >= 11 is 0. The van der Waals surface area contributed by atoms with Gasteiger partial charge in [0.05, 0.1) is 11.8 Å². The van der Waals surface area contributed by atoms with Crippen LogP contribution in [0.1, 0.15) is 55.6 Å². The van der Waals surface area contributed by atoms with Gasteiger partial charge in [-0.05, 0) is 50.5 Å². The van der Waals surface area contributed by atoms with Gasteiger partial charge in [-0.3, -0.25) is 14.5 Å². The molecule has 0 atom stereocenters. The predicted molar refractivity (Wildman–Crippen MR) is 103 cm³/mol. The number of imide groups is 1. The first-order chi connectivity index (χ1) is 13.3. The number of hydrogen-bond donors (Lipinski definition) is 0. The summed E-state index contributed by atoms with van der Waals surface area (Å²) in [6.45, 7) is 7.96. The Balaban J connectivity index is 1.53. The van der Waals surface area contributed by atoms with E-state index < -0.39 is 5.54 Å². The van der Waals surface area contributed by atoms with Crippen molar-refractivity contribution < 1.29 is 18.8 Å². The van der Waals surface area contributed by atoms with Crippen molar-refractivity contribution in [2.24, 2.45) is 11.8 Å². The Morgan fingerprint density at radius 1 is 1.25 bits per heavy atom. The lowest BCUT2D eigenvalue weighted by atomic mass is 9.85. The zero-order valence-corrected chi connectivity index (χ0v) is 16.9. The van der Waals surface area contributed by atoms with E-state index in [1.54, 1.807) is 22.8 Å². The van der Waals surface area contributed by atoms with Gasteiger partial charge in [-0.2, -0.15) is 0 Å². The second-order valence-corrected chi connectivity index (χ2v) is 8.86. The van der Waals surface area contributed by atoms with Gasteiger partial charge in [-0.15, -0.1) is 0 Å². The zero-order chi connectivity index (χ0) is 20.1. The molecule has 152 valence electrons. The molecule has 0 bridgehead atoms. The van der Waals surface area contributed by atoms with Crippen molar-refractivity contribution in [2.45, 2.75) is 52.0 Å². The first kappa shape index (κ1) is 19.0. The summed E-state index contributed by atoms with van der Waals surface area (Å²) in [6, 6.07) is 1.55. The lowest BCUT2D eigenvalue weighted by Gasteiger charge is -2.42. The molecule has 1 spiro atoms. The minimum Gasteiger partial charge on any atom is -0.469 e. The van der Waals surface area contributed by atoms with Crippen molar-refractivity contribution in [3.05, 3.63) is 23.7 Å². The van der Waals surface area contributed by atoms with E-state index >= 15 is 0 Å². The molecule has 0 radical (unpaired) electrons. The number of amides is 4. The minimum atomic E-state index is -0.793. The average molecular weight is 387 g/mol. The quantitative estimate of drug-likeness (QED) is 0.728. The molecule has 28 heavy (non-hydrogen) atoms. The third-order valence-corrected chi connectivity index (χ3v) is 6.27. The number of nitrogens with zero attached hydrogens (tertiary/aromatic N) is 3. The van der Waals surface area contributed by atoms with Crippen molar-refractivity contribution in [2.75, 3.05) is 26.2 Å². The standard InChI is InChI=1S/C21H29N3O4/c1-14(2)12-24-20(27)23(13-16-4-5-16)19(26)21(24)7-9-22(10-8-21)18(25)17-6-11-28-15(17)3/h6,11,14,16H,4-5,7-10,12-13H2,1-3H3. The summed E-state index contributed by atoms with van der Waals surface area (Å²) in [5.74, 6) is 1.23. The third-order valence-electron chi connectivity index (χ3n) is 6.27. The molecular weight excluding hydrogens is 358 g/mol. The lowest BCUT2D eigenvalue weighted by Crippen LogP contribution is -2.58. The Kier molecular flexibility index (Phi) is 4.71. The summed E-state index contributed by atoms with van der Waals surface area (Å²) in [5, 5.41) is 0. The Morgan fingerprint density at radius 3 is 2.46 bits per heavy atom. The monoisotopic (exact) mass is 387 g/mol. The topological polar surface area (TPSA) is 74.1 Å². The molecule has 4 rings (SSSR count). The summed E-state index contributed by atoms with van der Waals surface area (Å²) in [5.41, 5.74) is -0.225. The highest BCUT2D eigenvalue weighted by atomic mass is 16.3. The number of furan rings is 1. The molecule has 3 aliphatic rings. The predicted octanol–water partition coefficient (Wildman–Crippen LogP) is 2.89. The van der Waals surface area contributed by atoms with E-state index in [-0.39, 0.29) is 23.8 Å². The van der Waals surface area contributed by atoms with Gasteiger partial charge in [-0.1, -0.05) is 13.8 Å². The Morgan fingerprint density at radius 2 is 1.93 bits per heavy atom. The fraction of sp³-hybridized carbons (Fsp3) is 0.667. The van der Waals surface area contributed by atoms with E-state index in [9.17, 15) is 14.4 Å². The molecule has 0 N–H and O–H groups in total. The van der Waals surface area contributed by atoms with Crippen molar-refractivity contribution in [1.29, 1.82) is 0 Å². The highest BCUT2D eigenvalue weighted by molar-refractivity contribution is 6.07. The number of carbonyl (C=O) groups excluding carboxylic acids is 3. The van der Waals surface area contributed by atoms with Crippen LogP contribution in [0.15, 0.2) is 16.7 Å². The molecule has 0 aromatic carbocycles. The molecule has 2 saturated heterocycles. The number of rotatable bonds is 5. The number of urea groups is 1. The average Bonchev–Trinajstić information content (AvgIpc) is 3.37. The second kappa shape index (κ2) is 6.94. The first-order valence-electron chi connectivity index (χ1n) is 10.3. The minimum absolute atomic E-state index is 0.0587. The lowest BCUT2D eigenvalue weighted by molar-refractivity contribution is -0.135. The van der Waals surface area contributed by atoms with Crippen LogP contribution in [0, 0.1) is 18.8 Å². The molecule has 3 heterocycles. The largest absolute Gasteiger partial charge is 0.469 e. The normalized spacial score (nSPS) is 22.1. The molecule has 7 heteroatoms. The van der Waals surface area contributed by atoms with Gasteiger partial charge < -0.3 is 14.2 Å². The van der Waals surface area contributed by atoms with Gasteiger partial charge in [0.25, 0.3) is 11.8 Å². The summed E-state index contributed by atoms with van der Waals surface area (Å²) in [6.07, 6.45) is 4.70. The summed E-state index contributed by atoms with van der Waals surface area (Å²) in [7, 11) is 0. The molecule has 1 aromatic heterocycles. The van der Waals surface area contributed by atoms with Crippen LogP contribution in [0.3, 0.4) is 0 Å². The molecule has 1 aromatic rings. The summed E-state index contributed by atoms with van der Waals surface area (Å²) < 4.78 is 5.26. The van der Waals surface area contributed by atoms with Crippen LogP contribution in [-0.4, -0.2) is 64.3 Å². The van der Waals surface area contributed by atoms with E-state index in [4.69, 9.17) is 4.42 Å². The second-order valence-electron chi connectivity index (χ2n) is 8.86. The van der Waals surface area contributed by atoms with Crippen molar-refractivity contribution >= 4 is 17.8 Å². The smallest absolute Gasteiger partial charge is 0.327 e. The maximum absolute atomic E-state index is 13.4. The fourth-order valence-electron chi connectivity index (χ4n) is 4.46. The van der Waals surface area contributed by atoms with Gasteiger partial charge >= 0.3 is 6.03 Å². The van der Waals surface area contributed by atoms with Crippen LogP contribution in [0.25, 0.3) is 0 Å². The molecule has 2 aliphatic heterocycles. The molecular formula is C21H29N3O4. The fourth-order valence-corrected chi connectivity index (χ4v) is 4.46. The number of aryl methyl sites for hydroxylation is 1. The summed E-state index contributed by atoms with van der Waals surface area (Å²) in [4.78, 5) is 44.3. The maximum Gasteiger partial charge on any atom is 0.327 e. The molecule has 7 nitrogen and oxygen atoms in total. The number of piperidine rings is 1. The van der Waals surface area contributed by atoms with E-state index in [2.05, 4.69) is 13.8 Å². The molecule has 1 aliphatic carbocycles. The Labute approximate surface area is 165 Å². The van der Waals surface area contributed by atoms with Gasteiger partial charge in [0, 0.05) is 26.2 Å². The molecule has 1 saturated carbocycles. The van der Waals surface area contributed by atoms with Crippen molar-refractivity contribution in [1.82, 2.24) is 14.7 Å². The maximum atomic E-state index is 13.4. The highest BCUT2D eigenvalue weighted by Gasteiger charge is 2.58. The van der Waals surface area contributed by atoms with Crippen LogP contribution in [-0.2, 0) is 4.79 Å². The van der Waals surface area contributed by atoms with Crippen LogP contribution in [0.4, 0.5) is 4.79 Å². The van der Waals surface area contributed by atoms with Crippen LogP contribution >= 0.6 is 0 Å². The van der Waals surface area contributed by atoms with Crippen LogP contribution in [0.2, 0.25) is 0 Å². The Bertz CT molecular complexity index is 787. The third kappa shape index (κ3) is 3.10. The number of hydrogen-bond acceptors (Lipinski definition) is 4. The van der Waals surface area contributed by atoms with Crippen LogP contribution in [0.5, 0.6) is 0 Å². The molecule has 4 amide bonds. The SMILES string of the molecule is Cc1occc1C(=O)N1CCC2(CC1)C(=O)N(CC1CC1)C(=O)N2CC(C)C. The van der Waals surface area contributed by atoms with Gasteiger partial charge in [0.1, 0.15) is 11.3 Å². The molecule has 3 fully saturated rings. The van der Waals surface area contributed by atoms with Gasteiger partial charge in [0.15, 0.2) is 0 Å². The van der Waals surface area contributed by atoms with Crippen molar-refractivity contribution in [3.8, 4) is 0 Å². The number of carbonyl (C=O) groups is 3. The van der Waals surface area contributed by atoms with Crippen LogP contribution < -0.4 is 0 Å². The van der Waals surface area contributed by atoms with Gasteiger partial charge in [-0.25, -0.2) is 4.79 Å². The van der Waals surface area contributed by atoms with E-state index in [1.807, 2.05) is 0 Å². The first-order valence-corrected chi connectivity index (χ1v) is 10.3. The van der Waals surface area contributed by atoms with E-state index in [0.29, 0.717) is 56.3 Å². The van der Waals surface area contributed by atoms with E-state index in [0.717, 1.165) is 12.8 Å². The highest BCUT2D eigenvalue weighted by Crippen LogP contribution is 2.40. The van der Waals surface area contributed by atoms with E-state index in [1.165, 1.54) is 11.2 Å². The Hall–Kier alpha value is -2.31. The van der Waals surface area contributed by atoms with Crippen molar-refractivity contribution in [3.63, 3.8) is 0 Å². The molecule has 0 unspecified atom stereocenters. The number of likely N-dealkylation sites (tertiary alicyclic amines) is 1. The van der Waals surface area contributed by atoms with Gasteiger partial charge in [0.2, 0.25) is 0 Å². The zero-order valence-electron chi connectivity index (χ0n) is 16.9.